The molecule has 1 atom stereocenters. The Bertz CT molecular complexity index is 485. The van der Waals surface area contributed by atoms with Crippen molar-refractivity contribution in [3.8, 4) is 0 Å². The van der Waals surface area contributed by atoms with Crippen molar-refractivity contribution in [3.63, 3.8) is 0 Å². The first-order chi connectivity index (χ1) is 9.85. The first-order valence-corrected chi connectivity index (χ1v) is 7.99. The van der Waals surface area contributed by atoms with E-state index in [0.717, 1.165) is 29.7 Å². The van der Waals surface area contributed by atoms with Gasteiger partial charge in [-0.15, -0.1) is 0 Å². The zero-order chi connectivity index (χ0) is 15.5. The van der Waals surface area contributed by atoms with Crippen molar-refractivity contribution in [2.24, 2.45) is 0 Å². The summed E-state index contributed by atoms with van der Waals surface area (Å²) in [5.74, 6) is 0.951. The number of alkyl carbamates (subject to hydrolysis) is 1. The van der Waals surface area contributed by atoms with Crippen molar-refractivity contribution in [1.82, 2.24) is 10.3 Å². The van der Waals surface area contributed by atoms with Gasteiger partial charge in [-0.25, -0.2) is 9.78 Å². The summed E-state index contributed by atoms with van der Waals surface area (Å²) in [6, 6.07) is 4.25. The van der Waals surface area contributed by atoms with Gasteiger partial charge in [-0.05, 0) is 61.7 Å². The Kier molecular flexibility index (Phi) is 5.08. The number of aromatic nitrogens is 1. The summed E-state index contributed by atoms with van der Waals surface area (Å²) in [4.78, 5) is 18.4. The van der Waals surface area contributed by atoms with Crippen LogP contribution in [0.15, 0.2) is 22.8 Å². The summed E-state index contributed by atoms with van der Waals surface area (Å²) in [6.07, 6.45) is 3.59. The van der Waals surface area contributed by atoms with Gasteiger partial charge in [-0.3, -0.25) is 0 Å². The van der Waals surface area contributed by atoms with Gasteiger partial charge in [0.15, 0.2) is 0 Å². The van der Waals surface area contributed by atoms with Crippen molar-refractivity contribution in [2.75, 3.05) is 18.0 Å². The van der Waals surface area contributed by atoms with Gasteiger partial charge in [0.25, 0.3) is 0 Å². The minimum absolute atomic E-state index is 0.270. The van der Waals surface area contributed by atoms with E-state index in [4.69, 9.17) is 4.74 Å². The van der Waals surface area contributed by atoms with Gasteiger partial charge in [0.2, 0.25) is 0 Å². The molecule has 2 heterocycles. The first kappa shape index (κ1) is 16.1. The van der Waals surface area contributed by atoms with Crippen LogP contribution in [0.3, 0.4) is 0 Å². The third-order valence-electron chi connectivity index (χ3n) is 3.26. The standard InChI is InChI=1S/C15H22BrN3O2/c1-15(2,3)21-14(20)18-10-12-5-4-8-19(12)13-7-6-11(16)9-17-13/h6-7,9,12H,4-5,8,10H2,1-3H3,(H,18,20)/t12-/m0/s1. The number of anilines is 1. The van der Waals surface area contributed by atoms with Gasteiger partial charge >= 0.3 is 6.09 Å². The molecule has 0 bridgehead atoms. The topological polar surface area (TPSA) is 54.5 Å². The van der Waals surface area contributed by atoms with E-state index < -0.39 is 5.60 Å². The molecule has 1 aromatic heterocycles. The van der Waals surface area contributed by atoms with Crippen molar-refractivity contribution in [3.05, 3.63) is 22.8 Å². The second-order valence-corrected chi connectivity index (χ2v) is 7.12. The van der Waals surface area contributed by atoms with Gasteiger partial charge < -0.3 is 15.0 Å². The Hall–Kier alpha value is -1.30. The summed E-state index contributed by atoms with van der Waals surface area (Å²) in [5, 5.41) is 2.85. The number of nitrogens with zero attached hydrogens (tertiary/aromatic N) is 2. The highest BCUT2D eigenvalue weighted by atomic mass is 79.9. The van der Waals surface area contributed by atoms with Crippen molar-refractivity contribution < 1.29 is 9.53 Å². The molecule has 1 aromatic rings. The Balaban J connectivity index is 1.90. The van der Waals surface area contributed by atoms with Crippen LogP contribution in [0.25, 0.3) is 0 Å². The van der Waals surface area contributed by atoms with Gasteiger partial charge in [-0.1, -0.05) is 0 Å². The number of hydrogen-bond acceptors (Lipinski definition) is 4. The molecule has 6 heteroatoms. The lowest BCUT2D eigenvalue weighted by Crippen LogP contribution is -2.42. The van der Waals surface area contributed by atoms with Crippen LogP contribution in [0.4, 0.5) is 10.6 Å². The zero-order valence-corrected chi connectivity index (χ0v) is 14.3. The summed E-state index contributed by atoms with van der Waals surface area (Å²) in [5.41, 5.74) is -0.466. The number of hydrogen-bond donors (Lipinski definition) is 1. The quantitative estimate of drug-likeness (QED) is 0.903. The molecule has 21 heavy (non-hydrogen) atoms. The smallest absolute Gasteiger partial charge is 0.407 e. The molecule has 0 radical (unpaired) electrons. The largest absolute Gasteiger partial charge is 0.444 e. The van der Waals surface area contributed by atoms with Gasteiger partial charge in [0.05, 0.1) is 0 Å². The predicted molar refractivity (Wildman–Crippen MR) is 86.5 cm³/mol. The number of amides is 1. The Labute approximate surface area is 134 Å². The lowest BCUT2D eigenvalue weighted by molar-refractivity contribution is 0.0525. The normalized spacial score (nSPS) is 18.7. The fourth-order valence-corrected chi connectivity index (χ4v) is 2.64. The Morgan fingerprint density at radius 1 is 1.52 bits per heavy atom. The summed E-state index contributed by atoms with van der Waals surface area (Å²) < 4.78 is 6.23. The molecule has 1 amide bonds. The van der Waals surface area contributed by atoms with Crippen LogP contribution in [0.5, 0.6) is 0 Å². The molecule has 1 aliphatic rings. The van der Waals surface area contributed by atoms with Crippen LogP contribution < -0.4 is 10.2 Å². The van der Waals surface area contributed by atoms with E-state index in [1.165, 1.54) is 0 Å². The number of rotatable bonds is 3. The molecule has 1 saturated heterocycles. The molecular formula is C15H22BrN3O2. The van der Waals surface area contributed by atoms with E-state index in [2.05, 4.69) is 31.1 Å². The summed E-state index contributed by atoms with van der Waals surface area (Å²) in [6.45, 7) is 7.13. The molecule has 116 valence electrons. The maximum Gasteiger partial charge on any atom is 0.407 e. The monoisotopic (exact) mass is 355 g/mol. The van der Waals surface area contributed by atoms with E-state index in [0.29, 0.717) is 6.54 Å². The molecule has 1 aliphatic heterocycles. The average Bonchev–Trinajstić information content (AvgIpc) is 2.83. The number of nitrogens with one attached hydrogen (secondary N) is 1. The highest BCUT2D eigenvalue weighted by molar-refractivity contribution is 9.10. The van der Waals surface area contributed by atoms with Crippen molar-refractivity contribution in [2.45, 2.75) is 45.3 Å². The molecule has 0 aliphatic carbocycles. The SMILES string of the molecule is CC(C)(C)OC(=O)NC[C@@H]1CCCN1c1ccc(Br)cn1. The molecule has 0 unspecified atom stereocenters. The summed E-state index contributed by atoms with van der Waals surface area (Å²) >= 11 is 3.39. The first-order valence-electron chi connectivity index (χ1n) is 7.20. The van der Waals surface area contributed by atoms with E-state index >= 15 is 0 Å². The number of pyridine rings is 1. The van der Waals surface area contributed by atoms with E-state index in [1.807, 2.05) is 32.9 Å². The van der Waals surface area contributed by atoms with Gasteiger partial charge in [-0.2, -0.15) is 0 Å². The van der Waals surface area contributed by atoms with Crippen molar-refractivity contribution in [1.29, 1.82) is 0 Å². The Morgan fingerprint density at radius 2 is 2.29 bits per heavy atom. The second kappa shape index (κ2) is 6.64. The lowest BCUT2D eigenvalue weighted by Gasteiger charge is -2.26. The van der Waals surface area contributed by atoms with E-state index in [9.17, 15) is 4.79 Å². The fraction of sp³-hybridized carbons (Fsp3) is 0.600. The molecule has 0 saturated carbocycles. The van der Waals surface area contributed by atoms with Crippen LogP contribution in [-0.2, 0) is 4.74 Å². The highest BCUT2D eigenvalue weighted by Crippen LogP contribution is 2.24. The second-order valence-electron chi connectivity index (χ2n) is 6.21. The third kappa shape index (κ3) is 4.88. The average molecular weight is 356 g/mol. The number of carbonyl (C=O) groups excluding carboxylic acids is 1. The molecule has 0 spiro atoms. The molecular weight excluding hydrogens is 334 g/mol. The predicted octanol–water partition coefficient (Wildman–Crippen LogP) is 3.34. The zero-order valence-electron chi connectivity index (χ0n) is 12.7. The van der Waals surface area contributed by atoms with Gasteiger partial charge in [0.1, 0.15) is 11.4 Å². The minimum atomic E-state index is -0.466. The van der Waals surface area contributed by atoms with Gasteiger partial charge in [0, 0.05) is 29.8 Å². The highest BCUT2D eigenvalue weighted by Gasteiger charge is 2.26. The van der Waals surface area contributed by atoms with Crippen LogP contribution in [-0.4, -0.2) is 35.8 Å². The van der Waals surface area contributed by atoms with Crippen LogP contribution in [0.1, 0.15) is 33.6 Å². The van der Waals surface area contributed by atoms with Crippen molar-refractivity contribution >= 4 is 27.8 Å². The third-order valence-corrected chi connectivity index (χ3v) is 3.73. The number of ether oxygens (including phenoxy) is 1. The van der Waals surface area contributed by atoms with E-state index in [1.54, 1.807) is 6.20 Å². The Morgan fingerprint density at radius 3 is 2.90 bits per heavy atom. The maximum absolute atomic E-state index is 11.7. The molecule has 5 nitrogen and oxygen atoms in total. The minimum Gasteiger partial charge on any atom is -0.444 e. The number of halogens is 1. The van der Waals surface area contributed by atoms with E-state index in [-0.39, 0.29) is 12.1 Å². The van der Waals surface area contributed by atoms with Crippen LogP contribution in [0, 0.1) is 0 Å². The lowest BCUT2D eigenvalue weighted by atomic mass is 10.2. The number of carbonyl (C=O) groups is 1. The molecule has 1 N–H and O–H groups in total. The maximum atomic E-state index is 11.7. The van der Waals surface area contributed by atoms with Crippen LogP contribution >= 0.6 is 15.9 Å². The molecule has 0 aromatic carbocycles. The van der Waals surface area contributed by atoms with Crippen LogP contribution in [0.2, 0.25) is 0 Å². The summed E-state index contributed by atoms with van der Waals surface area (Å²) in [7, 11) is 0. The molecule has 1 fully saturated rings. The molecule has 2 rings (SSSR count). The fourth-order valence-electron chi connectivity index (χ4n) is 2.40.